The van der Waals surface area contributed by atoms with Crippen LogP contribution in [-0.4, -0.2) is 11.7 Å². The molecule has 0 saturated carbocycles. The lowest BCUT2D eigenvalue weighted by atomic mass is 10.0. The molecule has 2 heterocycles. The first-order valence-corrected chi connectivity index (χ1v) is 7.85. The Morgan fingerprint density at radius 2 is 1.95 bits per heavy atom. The third kappa shape index (κ3) is 2.11. The quantitative estimate of drug-likeness (QED) is 0.772. The molecule has 0 unspecified atom stereocenters. The van der Waals surface area contributed by atoms with Gasteiger partial charge in [0.15, 0.2) is 0 Å². The third-order valence-corrected chi connectivity index (χ3v) is 5.02. The average Bonchev–Trinajstić information content (AvgIpc) is 2.88. The minimum atomic E-state index is -0.432. The molecule has 0 spiro atoms. The number of aryl methyl sites for hydroxylation is 2. The molecule has 20 heavy (non-hydrogen) atoms. The molecule has 0 aliphatic carbocycles. The van der Waals surface area contributed by atoms with Crippen molar-refractivity contribution in [3.05, 3.63) is 49.6 Å². The van der Waals surface area contributed by atoms with Gasteiger partial charge in [0.25, 0.3) is 11.7 Å². The number of rotatable bonds is 2. The Hall–Kier alpha value is -1.46. The maximum Gasteiger partial charge on any atom is 0.299 e. The summed E-state index contributed by atoms with van der Waals surface area (Å²) < 4.78 is 0.997. The van der Waals surface area contributed by atoms with Crippen LogP contribution in [0.25, 0.3) is 0 Å². The number of nitrogens with zero attached hydrogens (tertiary/aromatic N) is 1. The number of amides is 1. The summed E-state index contributed by atoms with van der Waals surface area (Å²) in [4.78, 5) is 27.0. The molecular weight excluding hydrogens is 338 g/mol. The number of Topliss-reactive ketones (excluding diaryl/α,β-unsaturated/α-hetero) is 1. The molecule has 1 aromatic heterocycles. The molecule has 0 bridgehead atoms. The second-order valence-electron chi connectivity index (χ2n) is 4.93. The van der Waals surface area contributed by atoms with Crippen LogP contribution < -0.4 is 4.90 Å². The van der Waals surface area contributed by atoms with Gasteiger partial charge < -0.3 is 0 Å². The van der Waals surface area contributed by atoms with Crippen LogP contribution in [0.3, 0.4) is 0 Å². The highest BCUT2D eigenvalue weighted by molar-refractivity contribution is 9.10. The molecule has 5 heteroatoms. The predicted octanol–water partition coefficient (Wildman–Crippen LogP) is 3.86. The standard InChI is InChI=1S/C15H12BrNO2S/c1-8-3-9(2)13-12(4-8)14(18)15(19)17(13)6-11-5-10(16)7-20-11/h3-5,7H,6H2,1-2H3. The number of fused-ring (bicyclic) bond motifs is 1. The van der Waals surface area contributed by atoms with Gasteiger partial charge in [0.2, 0.25) is 0 Å². The summed E-state index contributed by atoms with van der Waals surface area (Å²) in [6.07, 6.45) is 0. The zero-order valence-electron chi connectivity index (χ0n) is 11.1. The average molecular weight is 350 g/mol. The summed E-state index contributed by atoms with van der Waals surface area (Å²) in [7, 11) is 0. The number of halogens is 1. The Kier molecular flexibility index (Phi) is 3.26. The van der Waals surface area contributed by atoms with E-state index < -0.39 is 11.7 Å². The fraction of sp³-hybridized carbons (Fsp3) is 0.200. The molecule has 3 nitrogen and oxygen atoms in total. The van der Waals surface area contributed by atoms with Crippen molar-refractivity contribution in [3.63, 3.8) is 0 Å². The minimum Gasteiger partial charge on any atom is -0.299 e. The number of carbonyl (C=O) groups is 2. The topological polar surface area (TPSA) is 37.4 Å². The van der Waals surface area contributed by atoms with Gasteiger partial charge in [-0.05, 0) is 53.0 Å². The summed E-state index contributed by atoms with van der Waals surface area (Å²) in [6.45, 7) is 4.32. The largest absolute Gasteiger partial charge is 0.299 e. The molecule has 1 aliphatic heterocycles. The van der Waals surface area contributed by atoms with Crippen LogP contribution in [-0.2, 0) is 11.3 Å². The number of hydrogen-bond acceptors (Lipinski definition) is 3. The maximum atomic E-state index is 12.2. The van der Waals surface area contributed by atoms with E-state index in [4.69, 9.17) is 0 Å². The van der Waals surface area contributed by atoms with Crippen molar-refractivity contribution < 1.29 is 9.59 Å². The van der Waals surface area contributed by atoms with Crippen LogP contribution >= 0.6 is 27.3 Å². The van der Waals surface area contributed by atoms with Gasteiger partial charge in [-0.2, -0.15) is 0 Å². The van der Waals surface area contributed by atoms with E-state index in [-0.39, 0.29) is 0 Å². The molecule has 0 N–H and O–H groups in total. The molecule has 1 aromatic carbocycles. The number of benzene rings is 1. The summed E-state index contributed by atoms with van der Waals surface area (Å²) in [5, 5.41) is 1.97. The second-order valence-corrected chi connectivity index (χ2v) is 6.84. The van der Waals surface area contributed by atoms with E-state index in [0.717, 1.165) is 26.2 Å². The van der Waals surface area contributed by atoms with Gasteiger partial charge >= 0.3 is 0 Å². The van der Waals surface area contributed by atoms with Gasteiger partial charge in [0.05, 0.1) is 17.8 Å². The summed E-state index contributed by atoms with van der Waals surface area (Å²) >= 11 is 4.98. The molecule has 1 amide bonds. The minimum absolute atomic E-state index is 0.401. The van der Waals surface area contributed by atoms with Crippen LogP contribution in [0.5, 0.6) is 0 Å². The van der Waals surface area contributed by atoms with Crippen molar-refractivity contribution in [1.82, 2.24) is 0 Å². The molecule has 0 atom stereocenters. The number of hydrogen-bond donors (Lipinski definition) is 0. The first kappa shape index (κ1) is 13.5. The van der Waals surface area contributed by atoms with E-state index in [1.807, 2.05) is 31.4 Å². The molecule has 3 rings (SSSR count). The Morgan fingerprint density at radius 1 is 1.20 bits per heavy atom. The highest BCUT2D eigenvalue weighted by atomic mass is 79.9. The monoisotopic (exact) mass is 349 g/mol. The van der Waals surface area contributed by atoms with E-state index in [0.29, 0.717) is 12.1 Å². The molecular formula is C15H12BrNO2S. The van der Waals surface area contributed by atoms with Crippen LogP contribution in [0.2, 0.25) is 0 Å². The summed E-state index contributed by atoms with van der Waals surface area (Å²) in [6, 6.07) is 5.78. The van der Waals surface area contributed by atoms with Gasteiger partial charge in [0.1, 0.15) is 0 Å². The molecule has 1 aliphatic rings. The molecule has 0 fully saturated rings. The number of thiophene rings is 1. The van der Waals surface area contributed by atoms with E-state index in [1.165, 1.54) is 0 Å². The van der Waals surface area contributed by atoms with Crippen molar-refractivity contribution >= 4 is 44.6 Å². The van der Waals surface area contributed by atoms with E-state index in [2.05, 4.69) is 15.9 Å². The molecule has 0 radical (unpaired) electrons. The lowest BCUT2D eigenvalue weighted by molar-refractivity contribution is -0.114. The van der Waals surface area contributed by atoms with Crippen LogP contribution in [0.1, 0.15) is 26.4 Å². The first-order chi connectivity index (χ1) is 9.47. The summed E-state index contributed by atoms with van der Waals surface area (Å²) in [5.41, 5.74) is 3.26. The fourth-order valence-corrected chi connectivity index (χ4v) is 4.01. The van der Waals surface area contributed by atoms with Crippen molar-refractivity contribution in [3.8, 4) is 0 Å². The Bertz CT molecular complexity index is 735. The van der Waals surface area contributed by atoms with Crippen molar-refractivity contribution in [2.24, 2.45) is 0 Å². The van der Waals surface area contributed by atoms with Crippen molar-refractivity contribution in [2.75, 3.05) is 4.90 Å². The lowest BCUT2D eigenvalue weighted by Gasteiger charge is -2.17. The Balaban J connectivity index is 2.06. The van der Waals surface area contributed by atoms with E-state index in [9.17, 15) is 9.59 Å². The molecule has 0 saturated heterocycles. The fourth-order valence-electron chi connectivity index (χ4n) is 2.57. The smallest absolute Gasteiger partial charge is 0.299 e. The Labute approximate surface area is 129 Å². The summed E-state index contributed by atoms with van der Waals surface area (Å²) in [5.74, 6) is -0.833. The number of carbonyl (C=O) groups excluding carboxylic acids is 2. The molecule has 102 valence electrons. The Morgan fingerprint density at radius 3 is 2.60 bits per heavy atom. The zero-order chi connectivity index (χ0) is 14.4. The second kappa shape index (κ2) is 4.82. The van der Waals surface area contributed by atoms with Gasteiger partial charge in [-0.3, -0.25) is 14.5 Å². The van der Waals surface area contributed by atoms with Crippen LogP contribution in [0.4, 0.5) is 5.69 Å². The normalized spacial score (nSPS) is 14.1. The van der Waals surface area contributed by atoms with Crippen molar-refractivity contribution in [2.45, 2.75) is 20.4 Å². The lowest BCUT2D eigenvalue weighted by Crippen LogP contribution is -2.29. The first-order valence-electron chi connectivity index (χ1n) is 6.17. The van der Waals surface area contributed by atoms with Gasteiger partial charge in [0, 0.05) is 14.7 Å². The zero-order valence-corrected chi connectivity index (χ0v) is 13.5. The number of ketones is 1. The van der Waals surface area contributed by atoms with Crippen LogP contribution in [0, 0.1) is 13.8 Å². The SMILES string of the molecule is Cc1cc(C)c2c(c1)C(=O)C(=O)N2Cc1cc(Br)cs1. The predicted molar refractivity (Wildman–Crippen MR) is 83.5 cm³/mol. The number of anilines is 1. The highest BCUT2D eigenvalue weighted by Gasteiger charge is 2.37. The third-order valence-electron chi connectivity index (χ3n) is 3.33. The van der Waals surface area contributed by atoms with Gasteiger partial charge in [-0.25, -0.2) is 0 Å². The van der Waals surface area contributed by atoms with Gasteiger partial charge in [-0.15, -0.1) is 11.3 Å². The van der Waals surface area contributed by atoms with E-state index >= 15 is 0 Å². The molecule has 2 aromatic rings. The highest BCUT2D eigenvalue weighted by Crippen LogP contribution is 2.35. The maximum absolute atomic E-state index is 12.2. The van der Waals surface area contributed by atoms with Gasteiger partial charge in [-0.1, -0.05) is 6.07 Å². The van der Waals surface area contributed by atoms with Crippen LogP contribution in [0.15, 0.2) is 28.1 Å². The van der Waals surface area contributed by atoms with E-state index in [1.54, 1.807) is 22.3 Å². The van der Waals surface area contributed by atoms with Crippen molar-refractivity contribution in [1.29, 1.82) is 0 Å².